The van der Waals surface area contributed by atoms with Gasteiger partial charge in [0.15, 0.2) is 11.5 Å². The van der Waals surface area contributed by atoms with Gasteiger partial charge in [-0.15, -0.1) is 0 Å². The highest BCUT2D eigenvalue weighted by atomic mass is 19.1. The van der Waals surface area contributed by atoms with E-state index in [0.717, 1.165) is 32.1 Å². The zero-order chi connectivity index (χ0) is 25.7. The number of aromatic nitrogens is 2. The number of alkyl halides is 1. The topological polar surface area (TPSA) is 65.7 Å². The molecule has 0 unspecified atom stereocenters. The van der Waals surface area contributed by atoms with Crippen LogP contribution in [-0.2, 0) is 0 Å². The molecular formula is C28H27F2N3O4. The molecule has 2 aromatic carbocycles. The van der Waals surface area contributed by atoms with Crippen molar-refractivity contribution in [3.8, 4) is 17.2 Å². The second kappa shape index (κ2) is 9.21. The molecule has 2 fully saturated rings. The zero-order valence-electron chi connectivity index (χ0n) is 20.5. The Labute approximate surface area is 211 Å². The van der Waals surface area contributed by atoms with Crippen LogP contribution in [0.25, 0.3) is 27.4 Å². The molecule has 1 saturated carbocycles. The predicted octanol–water partition coefficient (Wildman–Crippen LogP) is 5.36. The highest BCUT2D eigenvalue weighted by Gasteiger charge is 2.27. The van der Waals surface area contributed by atoms with Gasteiger partial charge in [-0.3, -0.25) is 14.2 Å². The molecule has 7 nitrogen and oxygen atoms in total. The molecule has 2 aliphatic rings. The molecule has 0 N–H and O–H groups in total. The molecule has 2 aromatic heterocycles. The summed E-state index contributed by atoms with van der Waals surface area (Å²) in [5.74, 6) is -0.435. The Kier molecular flexibility index (Phi) is 5.85. The lowest BCUT2D eigenvalue weighted by Crippen LogP contribution is -2.36. The van der Waals surface area contributed by atoms with Crippen molar-refractivity contribution in [1.29, 1.82) is 0 Å². The number of likely N-dealkylation sites (tertiary alicyclic amines) is 1. The van der Waals surface area contributed by atoms with Gasteiger partial charge in [-0.1, -0.05) is 0 Å². The van der Waals surface area contributed by atoms with Gasteiger partial charge >= 0.3 is 0 Å². The first-order valence-corrected chi connectivity index (χ1v) is 12.6. The van der Waals surface area contributed by atoms with Crippen LogP contribution in [0, 0.1) is 5.82 Å². The smallest absolute Gasteiger partial charge is 0.263 e. The monoisotopic (exact) mass is 507 g/mol. The highest BCUT2D eigenvalue weighted by molar-refractivity contribution is 6.07. The fourth-order valence-electron chi connectivity index (χ4n) is 5.37. The van der Waals surface area contributed by atoms with E-state index in [1.165, 1.54) is 42.1 Å². The third-order valence-electron chi connectivity index (χ3n) is 7.37. The van der Waals surface area contributed by atoms with Crippen LogP contribution in [0.15, 0.2) is 47.5 Å². The molecule has 1 saturated heterocycles. The van der Waals surface area contributed by atoms with Gasteiger partial charge in [0.2, 0.25) is 6.86 Å². The van der Waals surface area contributed by atoms with Crippen molar-refractivity contribution in [3.05, 3.63) is 64.5 Å². The number of carbonyl (C=O) groups excluding carboxylic acids is 1. The molecule has 0 radical (unpaired) electrons. The maximum atomic E-state index is 14.9. The third kappa shape index (κ3) is 4.02. The Morgan fingerprint density at radius 3 is 2.49 bits per heavy atom. The third-order valence-corrected chi connectivity index (χ3v) is 7.37. The first kappa shape index (κ1) is 23.5. The number of piperidine rings is 1. The summed E-state index contributed by atoms with van der Waals surface area (Å²) in [7, 11) is 1.41. The summed E-state index contributed by atoms with van der Waals surface area (Å²) in [4.78, 5) is 29.4. The Balaban J connectivity index is 1.63. The van der Waals surface area contributed by atoms with Crippen LogP contribution in [-0.4, -0.2) is 47.0 Å². The molecule has 9 heteroatoms. The quantitative estimate of drug-likeness (QED) is 0.353. The van der Waals surface area contributed by atoms with Crippen LogP contribution < -0.4 is 15.0 Å². The molecule has 1 aliphatic carbocycles. The second-order valence-corrected chi connectivity index (χ2v) is 9.68. The summed E-state index contributed by atoms with van der Waals surface area (Å²) in [6.07, 6.45) is 8.33. The van der Waals surface area contributed by atoms with Crippen molar-refractivity contribution in [2.24, 2.45) is 0 Å². The van der Waals surface area contributed by atoms with Crippen LogP contribution in [0.2, 0.25) is 0 Å². The molecule has 0 atom stereocenters. The van der Waals surface area contributed by atoms with Crippen LogP contribution in [0.3, 0.4) is 0 Å². The number of carbonyl (C=O) groups is 1. The van der Waals surface area contributed by atoms with Crippen molar-refractivity contribution in [1.82, 2.24) is 14.0 Å². The Morgan fingerprint density at radius 2 is 1.78 bits per heavy atom. The maximum Gasteiger partial charge on any atom is 0.263 e. The Morgan fingerprint density at radius 1 is 1.03 bits per heavy atom. The van der Waals surface area contributed by atoms with Gasteiger partial charge in [-0.05, 0) is 62.4 Å². The number of hydrogen-bond acceptors (Lipinski definition) is 4. The van der Waals surface area contributed by atoms with E-state index >= 15 is 0 Å². The highest BCUT2D eigenvalue weighted by Crippen LogP contribution is 2.39. The summed E-state index contributed by atoms with van der Waals surface area (Å²) in [5, 5.41) is 1.24. The minimum absolute atomic E-state index is 0.0491. The predicted molar refractivity (Wildman–Crippen MR) is 136 cm³/mol. The van der Waals surface area contributed by atoms with E-state index in [2.05, 4.69) is 0 Å². The molecule has 0 spiro atoms. The van der Waals surface area contributed by atoms with E-state index in [4.69, 9.17) is 9.47 Å². The van der Waals surface area contributed by atoms with E-state index in [1.54, 1.807) is 4.90 Å². The van der Waals surface area contributed by atoms with Crippen LogP contribution >= 0.6 is 0 Å². The zero-order valence-corrected chi connectivity index (χ0v) is 20.5. The van der Waals surface area contributed by atoms with Crippen molar-refractivity contribution in [2.45, 2.75) is 38.1 Å². The lowest BCUT2D eigenvalue weighted by atomic mass is 10.0. The fourth-order valence-corrected chi connectivity index (χ4v) is 5.37. The summed E-state index contributed by atoms with van der Waals surface area (Å²) < 4.78 is 41.8. The summed E-state index contributed by atoms with van der Waals surface area (Å²) in [6, 6.07) is 7.91. The van der Waals surface area contributed by atoms with E-state index in [0.29, 0.717) is 46.7 Å². The van der Waals surface area contributed by atoms with E-state index in [1.807, 2.05) is 16.8 Å². The number of hydrogen-bond donors (Lipinski definition) is 0. The van der Waals surface area contributed by atoms with Gasteiger partial charge in [0.1, 0.15) is 5.82 Å². The average molecular weight is 508 g/mol. The summed E-state index contributed by atoms with van der Waals surface area (Å²) in [5.41, 5.74) is 0.866. The number of benzene rings is 2. The Hall–Kier alpha value is -3.88. The van der Waals surface area contributed by atoms with Crippen LogP contribution in [0.1, 0.15) is 48.5 Å². The minimum Gasteiger partial charge on any atom is -0.493 e. The normalized spacial score (nSPS) is 15.9. The van der Waals surface area contributed by atoms with Gasteiger partial charge in [0.25, 0.3) is 11.5 Å². The molecular weight excluding hydrogens is 480 g/mol. The number of ether oxygens (including phenoxy) is 2. The molecule has 0 bridgehead atoms. The average Bonchev–Trinajstić information content (AvgIpc) is 3.67. The van der Waals surface area contributed by atoms with Crippen molar-refractivity contribution < 1.29 is 23.0 Å². The van der Waals surface area contributed by atoms with E-state index in [9.17, 15) is 18.4 Å². The molecule has 3 heterocycles. The summed E-state index contributed by atoms with van der Waals surface area (Å²) >= 11 is 0. The first-order chi connectivity index (χ1) is 18.0. The molecule has 4 aromatic rings. The number of methoxy groups -OCH3 is 1. The van der Waals surface area contributed by atoms with Crippen LogP contribution in [0.4, 0.5) is 8.78 Å². The van der Waals surface area contributed by atoms with Crippen molar-refractivity contribution in [2.75, 3.05) is 27.1 Å². The van der Waals surface area contributed by atoms with Crippen LogP contribution in [0.5, 0.6) is 11.5 Å². The molecule has 1 aliphatic heterocycles. The number of fused-ring (bicyclic) bond motifs is 2. The lowest BCUT2D eigenvalue weighted by molar-refractivity contribution is 0.0725. The van der Waals surface area contributed by atoms with Gasteiger partial charge in [0.05, 0.1) is 29.3 Å². The second-order valence-electron chi connectivity index (χ2n) is 9.68. The van der Waals surface area contributed by atoms with Crippen molar-refractivity contribution >= 4 is 27.6 Å². The van der Waals surface area contributed by atoms with Gasteiger partial charge in [0, 0.05) is 42.3 Å². The van der Waals surface area contributed by atoms with Gasteiger partial charge in [-0.2, -0.15) is 0 Å². The van der Waals surface area contributed by atoms with Gasteiger partial charge in [-0.25, -0.2) is 8.78 Å². The summed E-state index contributed by atoms with van der Waals surface area (Å²) in [6.45, 7) is 0.129. The first-order valence-electron chi connectivity index (χ1n) is 12.6. The Bertz CT molecular complexity index is 1580. The molecule has 192 valence electrons. The largest absolute Gasteiger partial charge is 0.493 e. The van der Waals surface area contributed by atoms with Crippen molar-refractivity contribution in [3.63, 3.8) is 0 Å². The fraction of sp³-hybridized carbons (Fsp3) is 0.357. The standard InChI is InChI=1S/C28H27F2N3O4/c1-36-25-13-20-21(14-26(25)37-16-29)28(35)33(15-22(20)27(34)31-8-3-2-4-9-31)24-12-17(30)11-23-19(24)7-10-32(23)18-5-6-18/h7,10-15,18H,2-6,8-9,16H2,1H3. The number of pyridine rings is 1. The lowest BCUT2D eigenvalue weighted by Gasteiger charge is -2.27. The molecule has 1 amide bonds. The SMILES string of the molecule is COc1cc2c(C(=O)N3CCCCC3)cn(-c3cc(F)cc4c3ccn4C3CC3)c(=O)c2cc1OCF. The van der Waals surface area contributed by atoms with E-state index < -0.39 is 18.2 Å². The number of nitrogens with zero attached hydrogens (tertiary/aromatic N) is 3. The maximum absolute atomic E-state index is 14.9. The number of halogens is 2. The van der Waals surface area contributed by atoms with Gasteiger partial charge < -0.3 is 18.9 Å². The van der Waals surface area contributed by atoms with E-state index in [-0.39, 0.29) is 22.8 Å². The minimum atomic E-state index is -1.11. The number of amides is 1. The molecule has 6 rings (SSSR count). The molecule has 37 heavy (non-hydrogen) atoms. The number of rotatable bonds is 6.